The average Bonchev–Trinajstić information content (AvgIpc) is 3.35. The maximum Gasteiger partial charge on any atom is 4.00 e. The molecule has 1 aliphatic carbocycles. The minimum Gasteiger partial charge on any atom is -1.00 e. The minimum atomic E-state index is 0. The number of nitrogens with zero attached hydrogens (tertiary/aromatic N) is 1. The van der Waals surface area contributed by atoms with Crippen LogP contribution in [0, 0.1) is 12.0 Å². The molecular weight excluding hydrogens is 456 g/mol. The molecule has 0 saturated carbocycles. The number of fused-ring (bicyclic) bond motifs is 2. The molecule has 0 radical (unpaired) electrons. The molecule has 0 spiro atoms. The van der Waals surface area contributed by atoms with E-state index in [2.05, 4.69) is 111 Å². The fourth-order valence-corrected chi connectivity index (χ4v) is 3.74. The molecule has 30 heavy (non-hydrogen) atoms. The first-order valence-corrected chi connectivity index (χ1v) is 9.54. The summed E-state index contributed by atoms with van der Waals surface area (Å²) in [6, 6.07) is 23.6. The van der Waals surface area contributed by atoms with E-state index in [0.29, 0.717) is 5.92 Å². The monoisotopic (exact) mass is 479 g/mol. The van der Waals surface area contributed by atoms with Gasteiger partial charge in [-0.2, -0.15) is 11.1 Å². The predicted octanol–water partition coefficient (Wildman–Crippen LogP) is 1.23. The van der Waals surface area contributed by atoms with Crippen LogP contribution in [-0.2, 0) is 26.2 Å². The summed E-state index contributed by atoms with van der Waals surface area (Å²) in [6.45, 7) is 8.67. The predicted molar refractivity (Wildman–Crippen MR) is 116 cm³/mol. The van der Waals surface area contributed by atoms with Crippen molar-refractivity contribution in [1.82, 2.24) is 4.57 Å². The van der Waals surface area contributed by atoms with Crippen molar-refractivity contribution in [2.24, 2.45) is 5.92 Å². The Bertz CT molecular complexity index is 1150. The summed E-state index contributed by atoms with van der Waals surface area (Å²) < 4.78 is 2.25. The Labute approximate surface area is 196 Å². The zero-order valence-electron chi connectivity index (χ0n) is 17.7. The molecule has 0 amide bonds. The van der Waals surface area contributed by atoms with Crippen molar-refractivity contribution in [2.45, 2.75) is 27.7 Å². The summed E-state index contributed by atoms with van der Waals surface area (Å²) in [5, 5.41) is 3.87. The smallest absolute Gasteiger partial charge is 1.00 e. The second-order valence-corrected chi connectivity index (χ2v) is 7.39. The van der Waals surface area contributed by atoms with E-state index in [4.69, 9.17) is 0 Å². The molecule has 0 saturated heterocycles. The van der Waals surface area contributed by atoms with Crippen LogP contribution in [0.25, 0.3) is 27.4 Å². The molecule has 5 rings (SSSR count). The molecule has 4 aromatic rings. The number of para-hydroxylation sites is 1. The number of rotatable bonds is 1. The number of aromatic nitrogens is 1. The van der Waals surface area contributed by atoms with E-state index in [-0.39, 0.29) is 35.6 Å². The van der Waals surface area contributed by atoms with Crippen LogP contribution in [0.1, 0.15) is 27.7 Å². The fraction of sp³-hybridized carbons (Fsp3) is 0.192. The maximum atomic E-state index is 3.36. The van der Waals surface area contributed by atoms with E-state index >= 15 is 0 Å². The van der Waals surface area contributed by atoms with Gasteiger partial charge in [-0.3, -0.25) is 6.08 Å². The Balaban J connectivity index is 0.000000327. The van der Waals surface area contributed by atoms with Crippen molar-refractivity contribution in [3.05, 3.63) is 95.7 Å². The topological polar surface area (TPSA) is 4.93 Å². The molecule has 152 valence electrons. The van der Waals surface area contributed by atoms with Gasteiger partial charge in [-0.25, -0.2) is 5.57 Å². The van der Waals surface area contributed by atoms with E-state index in [1.54, 1.807) is 0 Å². The van der Waals surface area contributed by atoms with E-state index < -0.39 is 0 Å². The summed E-state index contributed by atoms with van der Waals surface area (Å²) in [6.07, 6.45) is 5.50. The molecule has 1 aromatic heterocycles. The second kappa shape index (κ2) is 10.7. The standard InChI is InChI=1S/C17H12N.C9H13.2FH.Zr/c1-2-7-15-12-16(11-14(15)6-1)18-10-9-13-5-3-4-8-17(13)18;1-6-5-7(2)9(4)8(6)3;;;/h1-12H;6H,1-4H3;2*1H;/q2*-1;;;+4/p-2. The Kier molecular flexibility index (Phi) is 9.24. The molecule has 0 N–H and O–H groups in total. The molecular formula is C26H25F2NZr. The van der Waals surface area contributed by atoms with E-state index in [1.807, 2.05) is 0 Å². The number of allylic oxidation sites excluding steroid dienone is 4. The van der Waals surface area contributed by atoms with Crippen LogP contribution in [0.15, 0.2) is 89.6 Å². The molecule has 1 atom stereocenters. The van der Waals surface area contributed by atoms with Gasteiger partial charge in [0.1, 0.15) is 0 Å². The molecule has 1 heterocycles. The molecule has 0 fully saturated rings. The summed E-state index contributed by atoms with van der Waals surface area (Å²) in [5.41, 5.74) is 6.74. The Morgan fingerprint density at radius 2 is 1.50 bits per heavy atom. The van der Waals surface area contributed by atoms with Crippen LogP contribution in [0.2, 0.25) is 0 Å². The normalized spacial score (nSPS) is 14.9. The summed E-state index contributed by atoms with van der Waals surface area (Å²) >= 11 is 0. The van der Waals surface area contributed by atoms with Gasteiger partial charge in [0.25, 0.3) is 0 Å². The molecule has 0 aliphatic heterocycles. The van der Waals surface area contributed by atoms with Gasteiger partial charge < -0.3 is 14.0 Å². The summed E-state index contributed by atoms with van der Waals surface area (Å²) in [7, 11) is 0. The third kappa shape index (κ3) is 4.92. The van der Waals surface area contributed by atoms with Crippen molar-refractivity contribution in [2.75, 3.05) is 0 Å². The van der Waals surface area contributed by atoms with Crippen molar-refractivity contribution >= 4 is 21.7 Å². The molecule has 1 nitrogen and oxygen atoms in total. The van der Waals surface area contributed by atoms with Gasteiger partial charge in [0, 0.05) is 6.20 Å². The van der Waals surface area contributed by atoms with Crippen LogP contribution in [0.3, 0.4) is 0 Å². The summed E-state index contributed by atoms with van der Waals surface area (Å²) in [5.74, 6) is 0.560. The third-order valence-electron chi connectivity index (χ3n) is 5.72. The largest absolute Gasteiger partial charge is 4.00 e. The summed E-state index contributed by atoms with van der Waals surface area (Å²) in [4.78, 5) is 0. The Hall–Kier alpha value is -2.19. The van der Waals surface area contributed by atoms with Crippen LogP contribution in [0.4, 0.5) is 0 Å². The molecule has 0 bridgehead atoms. The molecule has 4 heteroatoms. The van der Waals surface area contributed by atoms with Gasteiger partial charge in [0.15, 0.2) is 0 Å². The van der Waals surface area contributed by atoms with Crippen molar-refractivity contribution in [1.29, 1.82) is 0 Å². The van der Waals surface area contributed by atoms with Gasteiger partial charge in [-0.05, 0) is 23.2 Å². The number of benzene rings is 2. The molecule has 1 unspecified atom stereocenters. The quantitative estimate of drug-likeness (QED) is 0.361. The zero-order valence-corrected chi connectivity index (χ0v) is 20.2. The van der Waals surface area contributed by atoms with Crippen molar-refractivity contribution < 1.29 is 35.6 Å². The van der Waals surface area contributed by atoms with E-state index in [9.17, 15) is 0 Å². The Morgan fingerprint density at radius 1 is 0.867 bits per heavy atom. The fourth-order valence-electron chi connectivity index (χ4n) is 3.74. The van der Waals surface area contributed by atoms with Crippen LogP contribution in [-0.4, -0.2) is 4.57 Å². The second-order valence-electron chi connectivity index (χ2n) is 7.39. The third-order valence-corrected chi connectivity index (χ3v) is 5.72. The van der Waals surface area contributed by atoms with Gasteiger partial charge in [0.05, 0.1) is 5.52 Å². The zero-order chi connectivity index (χ0) is 19.0. The van der Waals surface area contributed by atoms with Crippen LogP contribution >= 0.6 is 0 Å². The first-order chi connectivity index (χ1) is 13.0. The van der Waals surface area contributed by atoms with Gasteiger partial charge in [0.2, 0.25) is 0 Å². The van der Waals surface area contributed by atoms with Crippen LogP contribution < -0.4 is 9.41 Å². The first kappa shape index (κ1) is 25.8. The first-order valence-electron chi connectivity index (χ1n) is 9.54. The molecule has 1 aliphatic rings. The van der Waals surface area contributed by atoms with E-state index in [0.717, 1.165) is 0 Å². The van der Waals surface area contributed by atoms with Gasteiger partial charge in [-0.1, -0.05) is 51.0 Å². The molecule has 3 aromatic carbocycles. The number of hydrogen-bond acceptors (Lipinski definition) is 0. The van der Waals surface area contributed by atoms with Crippen LogP contribution in [0.5, 0.6) is 0 Å². The Morgan fingerprint density at radius 3 is 2.07 bits per heavy atom. The maximum absolute atomic E-state index is 3.36. The van der Waals surface area contributed by atoms with E-state index in [1.165, 1.54) is 44.1 Å². The minimum absolute atomic E-state index is 0. The SMILES string of the molecule is CC1=[C-]C(C)C(C)=C1C.[F-].[F-].[Zr+4].c1ccc2[cH-]c(-n3ccc4ccccc43)cc2c1. The number of hydrogen-bond donors (Lipinski definition) is 0. The average molecular weight is 481 g/mol. The van der Waals surface area contributed by atoms with Gasteiger partial charge >= 0.3 is 26.2 Å². The van der Waals surface area contributed by atoms with Crippen molar-refractivity contribution in [3.63, 3.8) is 0 Å². The number of halogens is 2. The van der Waals surface area contributed by atoms with Gasteiger partial charge in [-0.15, -0.1) is 48.0 Å². The van der Waals surface area contributed by atoms with Crippen molar-refractivity contribution in [3.8, 4) is 5.69 Å².